The zero-order valence-electron chi connectivity index (χ0n) is 19.5. The van der Waals surface area contributed by atoms with Gasteiger partial charge in [-0.1, -0.05) is 0 Å². The van der Waals surface area contributed by atoms with Crippen molar-refractivity contribution in [1.82, 2.24) is 9.97 Å². The molecule has 168 valence electrons. The van der Waals surface area contributed by atoms with Crippen molar-refractivity contribution in [3.63, 3.8) is 0 Å². The number of fused-ring (bicyclic) bond motifs is 4. The Balaban J connectivity index is 1.50. The van der Waals surface area contributed by atoms with Crippen molar-refractivity contribution in [3.8, 4) is 0 Å². The maximum absolute atomic E-state index is 13.6. The van der Waals surface area contributed by atoms with Gasteiger partial charge in [0.25, 0.3) is 0 Å². The molecule has 2 N–H and O–H groups in total. The molecule has 4 heteroatoms. The van der Waals surface area contributed by atoms with Crippen LogP contribution in [0.4, 0.5) is 0 Å². The summed E-state index contributed by atoms with van der Waals surface area (Å²) in [6.07, 6.45) is 9.41. The largest absolute Gasteiger partial charge is 0.358 e. The van der Waals surface area contributed by atoms with Crippen LogP contribution in [0, 0.1) is 13.8 Å². The number of aromatic nitrogens is 2. The summed E-state index contributed by atoms with van der Waals surface area (Å²) in [5.74, 6) is 0. The maximum Gasteiger partial charge on any atom is 0.193 e. The van der Waals surface area contributed by atoms with E-state index >= 15 is 0 Å². The normalized spacial score (nSPS) is 15.6. The van der Waals surface area contributed by atoms with Crippen LogP contribution in [0.15, 0.2) is 33.9 Å². The highest BCUT2D eigenvalue weighted by atomic mass is 16.1. The molecule has 2 heterocycles. The fraction of sp³-hybridized carbons (Fsp3) is 0.379. The summed E-state index contributed by atoms with van der Waals surface area (Å²) >= 11 is 0. The van der Waals surface area contributed by atoms with Crippen LogP contribution in [0.25, 0.3) is 21.8 Å². The van der Waals surface area contributed by atoms with Gasteiger partial charge in [-0.25, -0.2) is 0 Å². The van der Waals surface area contributed by atoms with Gasteiger partial charge in [-0.3, -0.25) is 9.59 Å². The number of H-pyrrole nitrogens is 2. The molecule has 4 nitrogen and oxygen atoms in total. The van der Waals surface area contributed by atoms with E-state index in [1.807, 2.05) is 13.8 Å². The number of pyridine rings is 2. The van der Waals surface area contributed by atoms with Gasteiger partial charge in [-0.05, 0) is 112 Å². The van der Waals surface area contributed by atoms with Crippen molar-refractivity contribution in [2.24, 2.45) is 0 Å². The minimum atomic E-state index is 0.0546. The van der Waals surface area contributed by atoms with Crippen LogP contribution in [0.5, 0.6) is 0 Å². The molecule has 0 unspecified atom stereocenters. The lowest BCUT2D eigenvalue weighted by Crippen LogP contribution is -2.20. The van der Waals surface area contributed by atoms with Gasteiger partial charge >= 0.3 is 0 Å². The second-order valence-electron chi connectivity index (χ2n) is 10.0. The quantitative estimate of drug-likeness (QED) is 0.444. The molecule has 6 rings (SSSR count). The van der Waals surface area contributed by atoms with Crippen molar-refractivity contribution in [2.75, 3.05) is 0 Å². The van der Waals surface area contributed by atoms with Crippen molar-refractivity contribution in [2.45, 2.75) is 71.6 Å². The third kappa shape index (κ3) is 3.35. The highest BCUT2D eigenvalue weighted by Crippen LogP contribution is 2.27. The Bertz CT molecular complexity index is 1440. The second-order valence-corrected chi connectivity index (χ2v) is 10.0. The lowest BCUT2D eigenvalue weighted by atomic mass is 9.89. The molecule has 2 aliphatic carbocycles. The summed E-state index contributed by atoms with van der Waals surface area (Å²) in [5.41, 5.74) is 10.4. The summed E-state index contributed by atoms with van der Waals surface area (Å²) in [6.45, 7) is 3.91. The van der Waals surface area contributed by atoms with Gasteiger partial charge in [0.15, 0.2) is 10.9 Å². The highest BCUT2D eigenvalue weighted by Gasteiger charge is 2.19. The fourth-order valence-corrected chi connectivity index (χ4v) is 5.98. The van der Waals surface area contributed by atoms with Gasteiger partial charge in [0.1, 0.15) is 0 Å². The van der Waals surface area contributed by atoms with Gasteiger partial charge in [-0.2, -0.15) is 0 Å². The summed E-state index contributed by atoms with van der Waals surface area (Å²) < 4.78 is 0. The highest BCUT2D eigenvalue weighted by molar-refractivity contribution is 5.83. The van der Waals surface area contributed by atoms with Crippen LogP contribution >= 0.6 is 0 Å². The van der Waals surface area contributed by atoms with Crippen LogP contribution < -0.4 is 10.9 Å². The summed E-state index contributed by atoms with van der Waals surface area (Å²) in [7, 11) is 0. The maximum atomic E-state index is 13.6. The molecular formula is C29H30N2O2. The average molecular weight is 439 g/mol. The molecule has 0 saturated heterocycles. The van der Waals surface area contributed by atoms with E-state index in [2.05, 4.69) is 34.2 Å². The Kier molecular flexibility index (Phi) is 4.79. The molecule has 2 aromatic heterocycles. The third-order valence-electron chi connectivity index (χ3n) is 7.90. The first-order valence-electron chi connectivity index (χ1n) is 12.3. The van der Waals surface area contributed by atoms with E-state index < -0.39 is 0 Å². The Hall–Kier alpha value is -3.14. The number of benzene rings is 2. The van der Waals surface area contributed by atoms with Crippen LogP contribution in [0.3, 0.4) is 0 Å². The molecule has 4 aromatic rings. The Labute approximate surface area is 193 Å². The van der Waals surface area contributed by atoms with Crippen molar-refractivity contribution in [3.05, 3.63) is 89.5 Å². The third-order valence-corrected chi connectivity index (χ3v) is 7.90. The van der Waals surface area contributed by atoms with Crippen LogP contribution in [0.1, 0.15) is 70.5 Å². The monoisotopic (exact) mass is 438 g/mol. The molecule has 2 aromatic carbocycles. The molecule has 0 atom stereocenters. The van der Waals surface area contributed by atoms with Crippen LogP contribution in [-0.4, -0.2) is 9.97 Å². The number of hydrogen-bond donors (Lipinski definition) is 2. The molecule has 0 saturated carbocycles. The number of aryl methyl sites for hydroxylation is 6. The minimum Gasteiger partial charge on any atom is -0.358 e. The van der Waals surface area contributed by atoms with E-state index in [0.717, 1.165) is 58.9 Å². The van der Waals surface area contributed by atoms with Gasteiger partial charge < -0.3 is 9.97 Å². The van der Waals surface area contributed by atoms with E-state index in [0.29, 0.717) is 17.5 Å². The molecule has 33 heavy (non-hydrogen) atoms. The fourth-order valence-electron chi connectivity index (χ4n) is 5.98. The zero-order chi connectivity index (χ0) is 22.7. The zero-order valence-corrected chi connectivity index (χ0v) is 19.5. The number of hydrogen-bond acceptors (Lipinski definition) is 2. The number of nitrogens with one attached hydrogen (secondary N) is 2. The van der Waals surface area contributed by atoms with Crippen LogP contribution in [0.2, 0.25) is 0 Å². The Morgan fingerprint density at radius 2 is 0.970 bits per heavy atom. The lowest BCUT2D eigenvalue weighted by Gasteiger charge is -2.18. The Morgan fingerprint density at radius 1 is 0.606 bits per heavy atom. The van der Waals surface area contributed by atoms with E-state index in [1.165, 1.54) is 47.9 Å². The number of rotatable bonds is 2. The van der Waals surface area contributed by atoms with Crippen molar-refractivity contribution >= 4 is 21.8 Å². The SMILES string of the molecule is Cc1[nH]c2cc3c(cc2c(=O)c1Cc1c(C)[nH]c2cc4c(cc2c1=O)CCCC4)CCCC3. The molecule has 0 amide bonds. The van der Waals surface area contributed by atoms with E-state index in [4.69, 9.17) is 0 Å². The van der Waals surface area contributed by atoms with E-state index in [9.17, 15) is 9.59 Å². The predicted molar refractivity (Wildman–Crippen MR) is 135 cm³/mol. The molecule has 2 aliphatic rings. The first-order chi connectivity index (χ1) is 16.0. The molecule has 0 spiro atoms. The topological polar surface area (TPSA) is 65.7 Å². The van der Waals surface area contributed by atoms with Gasteiger partial charge in [0.2, 0.25) is 0 Å². The summed E-state index contributed by atoms with van der Waals surface area (Å²) in [5, 5.41) is 1.50. The molecule has 0 fully saturated rings. The van der Waals surface area contributed by atoms with Crippen molar-refractivity contribution in [1.29, 1.82) is 0 Å². The molecule has 0 radical (unpaired) electrons. The van der Waals surface area contributed by atoms with Gasteiger partial charge in [0.05, 0.1) is 0 Å². The Morgan fingerprint density at radius 3 is 1.36 bits per heavy atom. The smallest absolute Gasteiger partial charge is 0.193 e. The van der Waals surface area contributed by atoms with Gasteiger partial charge in [-0.15, -0.1) is 0 Å². The standard InChI is InChI=1S/C29H30N2O2/c1-16-22(28(32)24-11-18-7-3-5-9-20(18)13-26(24)30-16)15-23-17(2)31-27-14-21-10-6-4-8-19(21)12-25(27)29(23)33/h11-14H,3-10,15H2,1-2H3,(H,30,32)(H,31,33). The lowest BCUT2D eigenvalue weighted by molar-refractivity contribution is 0.686. The predicted octanol–water partition coefficient (Wildman–Crippen LogP) is 5.33. The molecular weight excluding hydrogens is 408 g/mol. The average Bonchev–Trinajstić information content (AvgIpc) is 2.81. The molecule has 0 aliphatic heterocycles. The van der Waals surface area contributed by atoms with E-state index in [1.54, 1.807) is 0 Å². The van der Waals surface area contributed by atoms with Crippen molar-refractivity contribution < 1.29 is 0 Å². The van der Waals surface area contributed by atoms with E-state index in [-0.39, 0.29) is 10.9 Å². The second kappa shape index (κ2) is 7.72. The van der Waals surface area contributed by atoms with Gasteiger partial charge in [0, 0.05) is 50.7 Å². The first kappa shape index (κ1) is 20.5. The summed E-state index contributed by atoms with van der Waals surface area (Å²) in [6, 6.07) is 8.52. The molecule has 0 bridgehead atoms. The summed E-state index contributed by atoms with van der Waals surface area (Å²) in [4.78, 5) is 34.1. The number of aromatic amines is 2. The minimum absolute atomic E-state index is 0.0546. The van der Waals surface area contributed by atoms with Crippen LogP contribution in [-0.2, 0) is 32.1 Å². The first-order valence-corrected chi connectivity index (χ1v) is 12.3.